The SMILES string of the molecule is C.Cc1cccc(C)c1CC(=O)C(C)[N+]1(C)CCCC1.Cc1cccc(C)c1CC(=O)C(C)[N+]1(C)CCCC1.Cl.O.[Cl][Ag].[I-]. The van der Waals surface area contributed by atoms with E-state index < -0.39 is 0 Å². The molecule has 2 fully saturated rings. The second kappa shape index (κ2) is 22.3. The van der Waals surface area contributed by atoms with Crippen molar-refractivity contribution in [2.45, 2.75) is 99.6 Å². The molecule has 2 aliphatic rings. The Bertz CT molecular complexity index is 1020. The minimum absolute atomic E-state index is 0. The largest absolute Gasteiger partial charge is 1.00 e. The van der Waals surface area contributed by atoms with E-state index in [1.165, 1.54) is 59.1 Å². The number of Topliss-reactive ketones (excluding diaryl/α,β-unsaturated/α-hetero) is 2. The molecule has 2 atom stereocenters. The van der Waals surface area contributed by atoms with Gasteiger partial charge in [0.05, 0.1) is 40.3 Å². The maximum absolute atomic E-state index is 12.6. The van der Waals surface area contributed by atoms with Gasteiger partial charge in [-0.25, -0.2) is 0 Å². The first kappa shape index (κ1) is 48.1. The van der Waals surface area contributed by atoms with Crippen molar-refractivity contribution in [3.63, 3.8) is 0 Å². The second-order valence-corrected chi connectivity index (χ2v) is 12.6. The molecule has 2 unspecified atom stereocenters. The van der Waals surface area contributed by atoms with Crippen LogP contribution in [0, 0.1) is 27.7 Å². The number of aryl methyl sites for hydroxylation is 4. The maximum Gasteiger partial charge on any atom is -1.00 e. The van der Waals surface area contributed by atoms with Gasteiger partial charge in [-0.2, -0.15) is 0 Å². The van der Waals surface area contributed by atoms with Crippen LogP contribution in [0.5, 0.6) is 0 Å². The molecule has 5 nitrogen and oxygen atoms in total. The van der Waals surface area contributed by atoms with Crippen molar-refractivity contribution in [2.75, 3.05) is 40.3 Å². The Hall–Kier alpha value is -0.290. The Labute approximate surface area is 308 Å². The summed E-state index contributed by atoms with van der Waals surface area (Å²) in [6.45, 7) is 17.2. The van der Waals surface area contributed by atoms with Crippen molar-refractivity contribution >= 4 is 33.2 Å². The molecule has 0 spiro atoms. The van der Waals surface area contributed by atoms with Crippen LogP contribution in [0.3, 0.4) is 0 Å². The standard InChI is InChI=1S/2C17H26NO.CH4.Ag.2ClH.HI.H2O/c2*1-13-8-7-9-14(2)16(13)12-17(19)15(3)18(4)10-5-6-11-18;;;;;;/h2*7-9,15H,5-6,10-12H2,1-4H3;1H4;;3*1H;1H2/q2*+1;;+1;;;;/p-2. The van der Waals surface area contributed by atoms with Crippen LogP contribution in [-0.2, 0) is 42.4 Å². The normalized spacial score (nSPS) is 16.9. The van der Waals surface area contributed by atoms with E-state index in [1.54, 1.807) is 0 Å². The van der Waals surface area contributed by atoms with Crippen molar-refractivity contribution in [3.05, 3.63) is 69.8 Å². The number of quaternary nitrogens is 2. The zero-order valence-corrected chi connectivity index (χ0v) is 32.6. The smallest absolute Gasteiger partial charge is 1.00 e. The average Bonchev–Trinajstić information content (AvgIpc) is 3.58. The third-order valence-corrected chi connectivity index (χ3v) is 9.97. The third kappa shape index (κ3) is 12.7. The van der Waals surface area contributed by atoms with E-state index in [9.17, 15) is 9.59 Å². The molecule has 4 rings (SSSR count). The molecule has 0 aliphatic carbocycles. The van der Waals surface area contributed by atoms with E-state index in [4.69, 9.17) is 0 Å². The van der Waals surface area contributed by atoms with Gasteiger partial charge in [-0.15, -0.1) is 12.4 Å². The number of benzene rings is 2. The molecular weight excluding hydrogens is 802 g/mol. The molecule has 258 valence electrons. The molecule has 2 N–H and O–H groups in total. The van der Waals surface area contributed by atoms with E-state index in [-0.39, 0.29) is 61.4 Å². The third-order valence-electron chi connectivity index (χ3n) is 9.97. The molecule has 9 heteroatoms. The zero-order valence-electron chi connectivity index (χ0n) is 27.4. The minimum Gasteiger partial charge on any atom is -1.00 e. The average molecular weight is 862 g/mol. The van der Waals surface area contributed by atoms with E-state index in [1.807, 2.05) is 0 Å². The summed E-state index contributed by atoms with van der Waals surface area (Å²) in [6, 6.07) is 12.8. The van der Waals surface area contributed by atoms with Crippen LogP contribution in [-0.4, -0.2) is 78.4 Å². The summed E-state index contributed by atoms with van der Waals surface area (Å²) in [4.78, 5) is 25.2. The van der Waals surface area contributed by atoms with Gasteiger partial charge in [0.1, 0.15) is 12.1 Å². The van der Waals surface area contributed by atoms with Crippen LogP contribution in [0.25, 0.3) is 0 Å². The molecule has 2 saturated heterocycles. The number of rotatable bonds is 8. The number of carbonyl (C=O) groups excluding carboxylic acids is 2. The van der Waals surface area contributed by atoms with Gasteiger partial charge in [0.2, 0.25) is 0 Å². The summed E-state index contributed by atoms with van der Waals surface area (Å²) in [6.07, 6.45) is 6.23. The molecule has 2 aromatic rings. The van der Waals surface area contributed by atoms with Crippen molar-refractivity contribution in [1.82, 2.24) is 0 Å². The summed E-state index contributed by atoms with van der Waals surface area (Å²) in [5.41, 5.74) is 7.42. The van der Waals surface area contributed by atoms with E-state index >= 15 is 0 Å². The number of likely N-dealkylation sites (N-methyl/N-ethyl adjacent to an activating group) is 2. The van der Waals surface area contributed by atoms with Gasteiger partial charge in [0, 0.05) is 38.5 Å². The van der Waals surface area contributed by atoms with Gasteiger partial charge < -0.3 is 38.4 Å². The van der Waals surface area contributed by atoms with Gasteiger partial charge in [-0.05, 0) is 74.9 Å². The molecule has 0 amide bonds. The van der Waals surface area contributed by atoms with Crippen LogP contribution < -0.4 is 24.0 Å². The van der Waals surface area contributed by atoms with Crippen LogP contribution in [0.4, 0.5) is 0 Å². The summed E-state index contributed by atoms with van der Waals surface area (Å²) in [7, 11) is 8.92. The molecular formula is C35H59AgCl2IN2O3+. The van der Waals surface area contributed by atoms with Gasteiger partial charge in [0.15, 0.2) is 11.6 Å². The summed E-state index contributed by atoms with van der Waals surface area (Å²) in [5.74, 6) is 0.781. The first-order chi connectivity index (χ1) is 18.9. The van der Waals surface area contributed by atoms with E-state index in [2.05, 4.69) is 121 Å². The number of hydrogen-bond acceptors (Lipinski definition) is 2. The number of carbonyl (C=O) groups is 2. The number of nitrogens with zero attached hydrogens (tertiary/aromatic N) is 2. The molecule has 0 aromatic heterocycles. The fourth-order valence-corrected chi connectivity index (χ4v) is 6.48. The molecule has 0 radical (unpaired) electrons. The minimum atomic E-state index is 0. The number of likely N-dealkylation sites (tertiary alicyclic amines) is 2. The van der Waals surface area contributed by atoms with Gasteiger partial charge in [-0.3, -0.25) is 9.59 Å². The fraction of sp³-hybridized carbons (Fsp3) is 0.600. The Morgan fingerprint density at radius 3 is 1.14 bits per heavy atom. The van der Waals surface area contributed by atoms with Crippen LogP contribution in [0.1, 0.15) is 80.3 Å². The number of ketones is 2. The molecule has 44 heavy (non-hydrogen) atoms. The van der Waals surface area contributed by atoms with Crippen LogP contribution in [0.15, 0.2) is 36.4 Å². The van der Waals surface area contributed by atoms with Crippen molar-refractivity contribution < 1.29 is 68.0 Å². The first-order valence-electron chi connectivity index (χ1n) is 14.8. The number of hydrogen-bond donors (Lipinski definition) is 0. The van der Waals surface area contributed by atoms with E-state index in [0.29, 0.717) is 24.4 Å². The Kier molecular flexibility index (Phi) is 24.4. The molecule has 0 saturated carbocycles. The topological polar surface area (TPSA) is 65.6 Å². The fourth-order valence-electron chi connectivity index (χ4n) is 6.48. The zero-order chi connectivity index (χ0) is 30.1. The van der Waals surface area contributed by atoms with Gasteiger partial charge in [-0.1, -0.05) is 43.8 Å². The predicted molar refractivity (Wildman–Crippen MR) is 182 cm³/mol. The molecule has 0 bridgehead atoms. The van der Waals surface area contributed by atoms with Crippen LogP contribution in [0.2, 0.25) is 0 Å². The molecule has 2 aromatic carbocycles. The number of halogens is 3. The van der Waals surface area contributed by atoms with E-state index in [0.717, 1.165) is 35.1 Å². The van der Waals surface area contributed by atoms with Gasteiger partial charge >= 0.3 is 29.2 Å². The quantitative estimate of drug-likeness (QED) is 0.229. The van der Waals surface area contributed by atoms with Crippen molar-refractivity contribution in [1.29, 1.82) is 0 Å². The Balaban J connectivity index is -0.000000666. The van der Waals surface area contributed by atoms with Crippen molar-refractivity contribution in [2.24, 2.45) is 0 Å². The first-order valence-corrected chi connectivity index (χ1v) is 16.7. The van der Waals surface area contributed by atoms with Gasteiger partial charge in [0.25, 0.3) is 0 Å². The summed E-state index contributed by atoms with van der Waals surface area (Å²) < 4.78 is 1.87. The summed E-state index contributed by atoms with van der Waals surface area (Å²) >= 11 is 2.42. The molecule has 2 aliphatic heterocycles. The van der Waals surface area contributed by atoms with Crippen LogP contribution >= 0.6 is 21.6 Å². The Morgan fingerprint density at radius 2 is 0.909 bits per heavy atom. The maximum atomic E-state index is 12.6. The summed E-state index contributed by atoms with van der Waals surface area (Å²) in [5, 5.41) is 0. The predicted octanol–water partition coefficient (Wildman–Crippen LogP) is 4.01. The van der Waals surface area contributed by atoms with Crippen molar-refractivity contribution in [3.8, 4) is 0 Å². The second-order valence-electron chi connectivity index (χ2n) is 12.6. The molecule has 2 heterocycles. The monoisotopic (exact) mass is 859 g/mol. The Morgan fingerprint density at radius 1 is 0.682 bits per heavy atom.